The quantitative estimate of drug-likeness (QED) is 0.600. The van der Waals surface area contributed by atoms with Crippen molar-refractivity contribution in [2.45, 2.75) is 13.5 Å². The molecule has 0 aromatic heterocycles. The molecule has 0 spiro atoms. The lowest BCUT2D eigenvalue weighted by molar-refractivity contribution is -0.121. The van der Waals surface area contributed by atoms with Crippen LogP contribution in [0, 0.1) is 6.92 Å². The van der Waals surface area contributed by atoms with Crippen molar-refractivity contribution < 1.29 is 9.53 Å². The number of para-hydroxylation sites is 1. The van der Waals surface area contributed by atoms with Crippen LogP contribution in [0.2, 0.25) is 0 Å². The number of rotatable bonds is 4. The third-order valence-corrected chi connectivity index (χ3v) is 5.15. The zero-order valence-electron chi connectivity index (χ0n) is 13.5. The number of thiocarbonyl (C=S) groups is 1. The number of hydrogen-bond donors (Lipinski definition) is 0. The Bertz CT molecular complexity index is 830. The van der Waals surface area contributed by atoms with Crippen LogP contribution < -0.4 is 4.74 Å². The fourth-order valence-corrected chi connectivity index (χ4v) is 3.55. The lowest BCUT2D eigenvalue weighted by Gasteiger charge is -2.10. The first-order valence-corrected chi connectivity index (χ1v) is 8.76. The van der Waals surface area contributed by atoms with Crippen LogP contribution in [0.5, 0.6) is 5.75 Å². The number of aryl methyl sites for hydroxylation is 1. The van der Waals surface area contributed by atoms with Gasteiger partial charge < -0.3 is 4.74 Å². The maximum absolute atomic E-state index is 12.2. The molecule has 1 aliphatic rings. The predicted molar refractivity (Wildman–Crippen MR) is 103 cm³/mol. The van der Waals surface area contributed by atoms with Gasteiger partial charge in [0.25, 0.3) is 5.91 Å². The predicted octanol–water partition coefficient (Wildman–Crippen LogP) is 4.41. The van der Waals surface area contributed by atoms with E-state index in [0.717, 1.165) is 16.9 Å². The fraction of sp³-hybridized carbons (Fsp3) is 0.158. The SMILES string of the molecule is Cc1cccc(COc2ccccc2/C=C2\SC(=S)N(C)C2=O)c1. The summed E-state index contributed by atoms with van der Waals surface area (Å²) in [5.74, 6) is 0.680. The number of hydrogen-bond acceptors (Lipinski definition) is 4. The van der Waals surface area contributed by atoms with Gasteiger partial charge in [0.15, 0.2) is 0 Å². The van der Waals surface area contributed by atoms with Crippen LogP contribution in [-0.2, 0) is 11.4 Å². The summed E-state index contributed by atoms with van der Waals surface area (Å²) < 4.78 is 6.54. The van der Waals surface area contributed by atoms with Crippen LogP contribution >= 0.6 is 24.0 Å². The molecule has 0 bridgehead atoms. The van der Waals surface area contributed by atoms with Gasteiger partial charge in [-0.25, -0.2) is 0 Å². The van der Waals surface area contributed by atoms with Gasteiger partial charge in [-0.2, -0.15) is 0 Å². The Hall–Kier alpha value is -2.11. The number of nitrogens with zero attached hydrogens (tertiary/aromatic N) is 1. The summed E-state index contributed by atoms with van der Waals surface area (Å²) in [6, 6.07) is 15.9. The zero-order chi connectivity index (χ0) is 17.1. The minimum absolute atomic E-state index is 0.0708. The summed E-state index contributed by atoms with van der Waals surface area (Å²) in [5, 5.41) is 0. The average molecular weight is 355 g/mol. The molecule has 0 radical (unpaired) electrons. The molecule has 1 saturated heterocycles. The van der Waals surface area contributed by atoms with Gasteiger partial charge in [0, 0.05) is 12.6 Å². The summed E-state index contributed by atoms with van der Waals surface area (Å²) in [5.41, 5.74) is 3.19. The molecule has 0 saturated carbocycles. The third kappa shape index (κ3) is 3.68. The largest absolute Gasteiger partial charge is 0.488 e. The highest BCUT2D eigenvalue weighted by molar-refractivity contribution is 8.26. The maximum Gasteiger partial charge on any atom is 0.265 e. The monoisotopic (exact) mass is 355 g/mol. The Labute approximate surface area is 151 Å². The van der Waals surface area contributed by atoms with Crippen LogP contribution in [0.25, 0.3) is 6.08 Å². The molecule has 1 fully saturated rings. The highest BCUT2D eigenvalue weighted by Crippen LogP contribution is 2.33. The first-order chi connectivity index (χ1) is 11.5. The molecule has 1 heterocycles. The number of carbonyl (C=O) groups is 1. The van der Waals surface area contributed by atoms with Gasteiger partial charge in [-0.15, -0.1) is 0 Å². The summed E-state index contributed by atoms with van der Waals surface area (Å²) in [4.78, 5) is 14.3. The van der Waals surface area contributed by atoms with E-state index in [1.165, 1.54) is 22.2 Å². The van der Waals surface area contributed by atoms with E-state index in [-0.39, 0.29) is 5.91 Å². The first-order valence-electron chi connectivity index (χ1n) is 7.53. The Kier molecular flexibility index (Phi) is 5.02. The van der Waals surface area contributed by atoms with E-state index in [4.69, 9.17) is 17.0 Å². The van der Waals surface area contributed by atoms with Crippen LogP contribution in [0.1, 0.15) is 16.7 Å². The molecule has 5 heteroatoms. The minimum Gasteiger partial charge on any atom is -0.488 e. The normalized spacial score (nSPS) is 16.1. The zero-order valence-corrected chi connectivity index (χ0v) is 15.1. The summed E-state index contributed by atoms with van der Waals surface area (Å²) in [6.07, 6.45) is 1.84. The second-order valence-electron chi connectivity index (χ2n) is 5.56. The van der Waals surface area contributed by atoms with Crippen LogP contribution in [-0.4, -0.2) is 22.2 Å². The van der Waals surface area contributed by atoms with Gasteiger partial charge in [-0.05, 0) is 24.6 Å². The number of thioether (sulfide) groups is 1. The van der Waals surface area contributed by atoms with E-state index in [0.29, 0.717) is 15.8 Å². The van der Waals surface area contributed by atoms with Gasteiger partial charge in [0.05, 0.1) is 4.91 Å². The standard InChI is InChI=1S/C19H17NO2S2/c1-13-6-5-7-14(10-13)12-22-16-9-4-3-8-15(16)11-17-18(21)20(2)19(23)24-17/h3-11H,12H2,1-2H3/b17-11-. The van der Waals surface area contributed by atoms with E-state index >= 15 is 0 Å². The van der Waals surface area contributed by atoms with Gasteiger partial charge in [0.2, 0.25) is 0 Å². The van der Waals surface area contributed by atoms with E-state index in [9.17, 15) is 4.79 Å². The van der Waals surface area contributed by atoms with E-state index < -0.39 is 0 Å². The molecule has 3 rings (SSSR count). The first kappa shape index (κ1) is 16.7. The highest BCUT2D eigenvalue weighted by Gasteiger charge is 2.28. The molecule has 0 N–H and O–H groups in total. The summed E-state index contributed by atoms with van der Waals surface area (Å²) in [6.45, 7) is 2.55. The number of amides is 1. The smallest absolute Gasteiger partial charge is 0.265 e. The Balaban J connectivity index is 1.81. The Morgan fingerprint density at radius 1 is 1.21 bits per heavy atom. The number of carbonyl (C=O) groups excluding carboxylic acids is 1. The van der Waals surface area contributed by atoms with Crippen LogP contribution in [0.15, 0.2) is 53.4 Å². The van der Waals surface area contributed by atoms with Crippen molar-refractivity contribution in [2.75, 3.05) is 7.05 Å². The van der Waals surface area contributed by atoms with E-state index in [1.807, 2.05) is 42.5 Å². The average Bonchev–Trinajstić information content (AvgIpc) is 2.81. The van der Waals surface area contributed by atoms with E-state index in [1.54, 1.807) is 7.05 Å². The molecular formula is C19H17NO2S2. The molecule has 1 aliphatic heterocycles. The lowest BCUT2D eigenvalue weighted by atomic mass is 10.1. The lowest BCUT2D eigenvalue weighted by Crippen LogP contribution is -2.22. The summed E-state index contributed by atoms with van der Waals surface area (Å²) >= 11 is 6.48. The number of ether oxygens (including phenoxy) is 1. The third-order valence-electron chi connectivity index (χ3n) is 3.67. The van der Waals surface area contributed by atoms with Crippen molar-refractivity contribution in [2.24, 2.45) is 0 Å². The topological polar surface area (TPSA) is 29.5 Å². The molecule has 2 aromatic rings. The summed E-state index contributed by atoms with van der Waals surface area (Å²) in [7, 11) is 1.69. The Morgan fingerprint density at radius 3 is 2.71 bits per heavy atom. The van der Waals surface area contributed by atoms with E-state index in [2.05, 4.69) is 19.1 Å². The molecule has 3 nitrogen and oxygen atoms in total. The van der Waals surface area contributed by atoms with Gasteiger partial charge in [-0.1, -0.05) is 72.0 Å². The molecule has 1 amide bonds. The highest BCUT2D eigenvalue weighted by atomic mass is 32.2. The molecule has 0 atom stereocenters. The maximum atomic E-state index is 12.2. The van der Waals surface area contributed by atoms with Crippen molar-refractivity contribution >= 4 is 40.3 Å². The van der Waals surface area contributed by atoms with Crippen molar-refractivity contribution in [1.82, 2.24) is 4.90 Å². The second kappa shape index (κ2) is 7.20. The van der Waals surface area contributed by atoms with Gasteiger partial charge in [-0.3, -0.25) is 9.69 Å². The molecule has 24 heavy (non-hydrogen) atoms. The molecule has 2 aromatic carbocycles. The van der Waals surface area contributed by atoms with Crippen molar-refractivity contribution in [3.63, 3.8) is 0 Å². The Morgan fingerprint density at radius 2 is 2.00 bits per heavy atom. The van der Waals surface area contributed by atoms with Crippen LogP contribution in [0.4, 0.5) is 0 Å². The van der Waals surface area contributed by atoms with Gasteiger partial charge >= 0.3 is 0 Å². The number of likely N-dealkylation sites (N-methyl/N-ethyl adjacent to an activating group) is 1. The molecule has 122 valence electrons. The molecular weight excluding hydrogens is 338 g/mol. The van der Waals surface area contributed by atoms with Crippen molar-refractivity contribution in [3.05, 3.63) is 70.1 Å². The van der Waals surface area contributed by atoms with Gasteiger partial charge in [0.1, 0.15) is 16.7 Å². The van der Waals surface area contributed by atoms with Crippen molar-refractivity contribution in [1.29, 1.82) is 0 Å². The van der Waals surface area contributed by atoms with Crippen LogP contribution in [0.3, 0.4) is 0 Å². The van der Waals surface area contributed by atoms with Crippen molar-refractivity contribution in [3.8, 4) is 5.75 Å². The second-order valence-corrected chi connectivity index (χ2v) is 7.23. The molecule has 0 unspecified atom stereocenters. The fourth-order valence-electron chi connectivity index (χ4n) is 2.38. The minimum atomic E-state index is -0.0708. The number of benzene rings is 2. The molecule has 0 aliphatic carbocycles.